The van der Waals surface area contributed by atoms with E-state index in [1.165, 1.54) is 44.9 Å². The van der Waals surface area contributed by atoms with E-state index in [1.54, 1.807) is 0 Å². The minimum absolute atomic E-state index is 0.495. The van der Waals surface area contributed by atoms with Crippen LogP contribution in [-0.4, -0.2) is 18.1 Å². The molecule has 16 heavy (non-hydrogen) atoms. The molecule has 0 aromatic rings. The Labute approximate surface area is 99.4 Å². The van der Waals surface area contributed by atoms with Gasteiger partial charge in [-0.1, -0.05) is 6.92 Å². The Morgan fingerprint density at radius 1 is 1.12 bits per heavy atom. The number of hydrogen-bond donors (Lipinski definition) is 2. The van der Waals surface area contributed by atoms with Gasteiger partial charge in [0.15, 0.2) is 0 Å². The first kappa shape index (κ1) is 11.0. The van der Waals surface area contributed by atoms with Crippen molar-refractivity contribution in [3.8, 4) is 0 Å². The third kappa shape index (κ3) is 1.80. The number of rotatable bonds is 4. The molecule has 0 heterocycles. The summed E-state index contributed by atoms with van der Waals surface area (Å²) in [4.78, 5) is 0. The number of nitrogens with one attached hydrogen (secondary N) is 1. The summed E-state index contributed by atoms with van der Waals surface area (Å²) < 4.78 is 0. The van der Waals surface area contributed by atoms with Gasteiger partial charge in [0, 0.05) is 18.1 Å². The Morgan fingerprint density at radius 2 is 1.62 bits per heavy atom. The summed E-state index contributed by atoms with van der Waals surface area (Å²) in [5, 5.41) is 3.94. The standard InChI is InChI=1S/C14H26N2/c1-2-13(9-15)16-14-6-10-3-11(7-14)5-12(4-10)8-14/h10-13,16H,2-9,15H2,1H3. The van der Waals surface area contributed by atoms with Crippen molar-refractivity contribution in [1.82, 2.24) is 5.32 Å². The van der Waals surface area contributed by atoms with Crippen LogP contribution < -0.4 is 11.1 Å². The smallest absolute Gasteiger partial charge is 0.0192 e. The first-order chi connectivity index (χ1) is 7.73. The van der Waals surface area contributed by atoms with Crippen LogP contribution in [0.5, 0.6) is 0 Å². The predicted octanol–water partition coefficient (Wildman–Crippen LogP) is 2.28. The van der Waals surface area contributed by atoms with Gasteiger partial charge in [0.25, 0.3) is 0 Å². The van der Waals surface area contributed by atoms with Crippen LogP contribution >= 0.6 is 0 Å². The molecule has 92 valence electrons. The molecular weight excluding hydrogens is 196 g/mol. The van der Waals surface area contributed by atoms with Gasteiger partial charge >= 0.3 is 0 Å². The Morgan fingerprint density at radius 3 is 2.00 bits per heavy atom. The zero-order valence-corrected chi connectivity index (χ0v) is 10.5. The first-order valence-corrected chi connectivity index (χ1v) is 7.21. The lowest BCUT2D eigenvalue weighted by molar-refractivity contribution is -0.0250. The van der Waals surface area contributed by atoms with Gasteiger partial charge in [0.1, 0.15) is 0 Å². The van der Waals surface area contributed by atoms with Crippen LogP contribution in [-0.2, 0) is 0 Å². The minimum atomic E-state index is 0.495. The molecule has 1 unspecified atom stereocenters. The molecule has 2 nitrogen and oxygen atoms in total. The lowest BCUT2D eigenvalue weighted by Crippen LogP contribution is -2.61. The highest BCUT2D eigenvalue weighted by Crippen LogP contribution is 2.55. The van der Waals surface area contributed by atoms with E-state index >= 15 is 0 Å². The largest absolute Gasteiger partial charge is 0.329 e. The second-order valence-electron chi connectivity index (χ2n) is 6.68. The minimum Gasteiger partial charge on any atom is -0.329 e. The average molecular weight is 222 g/mol. The van der Waals surface area contributed by atoms with Crippen LogP contribution in [0.1, 0.15) is 51.9 Å². The van der Waals surface area contributed by atoms with E-state index < -0.39 is 0 Å². The van der Waals surface area contributed by atoms with Crippen molar-refractivity contribution >= 4 is 0 Å². The highest BCUT2D eigenvalue weighted by atomic mass is 15.0. The second kappa shape index (κ2) is 3.99. The Bertz CT molecular complexity index is 222. The van der Waals surface area contributed by atoms with Crippen molar-refractivity contribution in [1.29, 1.82) is 0 Å². The second-order valence-corrected chi connectivity index (χ2v) is 6.68. The molecule has 0 radical (unpaired) electrons. The van der Waals surface area contributed by atoms with Crippen molar-refractivity contribution in [3.63, 3.8) is 0 Å². The van der Waals surface area contributed by atoms with Gasteiger partial charge in [-0.05, 0) is 62.7 Å². The van der Waals surface area contributed by atoms with Crippen LogP contribution in [0, 0.1) is 17.8 Å². The van der Waals surface area contributed by atoms with Crippen molar-refractivity contribution in [3.05, 3.63) is 0 Å². The molecule has 4 bridgehead atoms. The maximum Gasteiger partial charge on any atom is 0.0192 e. The van der Waals surface area contributed by atoms with Gasteiger partial charge in [-0.15, -0.1) is 0 Å². The fourth-order valence-corrected chi connectivity index (χ4v) is 5.05. The Hall–Kier alpha value is -0.0800. The van der Waals surface area contributed by atoms with Crippen molar-refractivity contribution in [2.45, 2.75) is 63.5 Å². The SMILES string of the molecule is CCC(CN)NC12CC3CC(CC(C3)C1)C2. The summed E-state index contributed by atoms with van der Waals surface area (Å²) in [6, 6.07) is 0.552. The molecule has 0 aromatic heterocycles. The zero-order chi connectivity index (χ0) is 11.2. The van der Waals surface area contributed by atoms with Gasteiger partial charge in [-0.3, -0.25) is 0 Å². The monoisotopic (exact) mass is 222 g/mol. The van der Waals surface area contributed by atoms with Crippen LogP contribution in [0.25, 0.3) is 0 Å². The van der Waals surface area contributed by atoms with Gasteiger partial charge in [0.05, 0.1) is 0 Å². The van der Waals surface area contributed by atoms with Gasteiger partial charge in [0.2, 0.25) is 0 Å². The van der Waals surface area contributed by atoms with Crippen LogP contribution in [0.3, 0.4) is 0 Å². The normalized spacial score (nSPS) is 47.2. The fourth-order valence-electron chi connectivity index (χ4n) is 5.05. The molecule has 0 aliphatic heterocycles. The third-order valence-electron chi connectivity index (χ3n) is 5.33. The van der Waals surface area contributed by atoms with Crippen molar-refractivity contribution < 1.29 is 0 Å². The maximum atomic E-state index is 5.85. The first-order valence-electron chi connectivity index (χ1n) is 7.21. The molecule has 4 aliphatic carbocycles. The zero-order valence-electron chi connectivity index (χ0n) is 10.5. The van der Waals surface area contributed by atoms with Crippen LogP contribution in [0.4, 0.5) is 0 Å². The maximum absolute atomic E-state index is 5.85. The van der Waals surface area contributed by atoms with E-state index in [9.17, 15) is 0 Å². The molecule has 0 aromatic carbocycles. The van der Waals surface area contributed by atoms with Gasteiger partial charge in [-0.2, -0.15) is 0 Å². The van der Waals surface area contributed by atoms with E-state index in [2.05, 4.69) is 12.2 Å². The quantitative estimate of drug-likeness (QED) is 0.766. The summed E-state index contributed by atoms with van der Waals surface area (Å²) in [6.45, 7) is 3.06. The molecule has 4 saturated carbocycles. The molecular formula is C14H26N2. The predicted molar refractivity (Wildman–Crippen MR) is 67.2 cm³/mol. The van der Waals surface area contributed by atoms with Gasteiger partial charge in [-0.25, -0.2) is 0 Å². The van der Waals surface area contributed by atoms with E-state index in [1.807, 2.05) is 0 Å². The van der Waals surface area contributed by atoms with E-state index in [-0.39, 0.29) is 0 Å². The summed E-state index contributed by atoms with van der Waals surface area (Å²) in [6.07, 6.45) is 10.1. The highest BCUT2D eigenvalue weighted by molar-refractivity contribution is 5.07. The summed E-state index contributed by atoms with van der Waals surface area (Å²) >= 11 is 0. The third-order valence-corrected chi connectivity index (χ3v) is 5.33. The van der Waals surface area contributed by atoms with Crippen LogP contribution in [0.2, 0.25) is 0 Å². The molecule has 3 N–H and O–H groups in total. The summed E-state index contributed by atoms with van der Waals surface area (Å²) in [5.41, 5.74) is 6.34. The lowest BCUT2D eigenvalue weighted by Gasteiger charge is -2.58. The van der Waals surface area contributed by atoms with E-state index in [0.29, 0.717) is 11.6 Å². The van der Waals surface area contributed by atoms with Gasteiger partial charge < -0.3 is 11.1 Å². The van der Waals surface area contributed by atoms with E-state index in [0.717, 1.165) is 24.3 Å². The molecule has 2 heteroatoms. The molecule has 0 saturated heterocycles. The topological polar surface area (TPSA) is 38.0 Å². The lowest BCUT2D eigenvalue weighted by atomic mass is 9.53. The molecule has 0 spiro atoms. The summed E-state index contributed by atoms with van der Waals surface area (Å²) in [5.74, 6) is 3.11. The molecule has 4 rings (SSSR count). The Balaban J connectivity index is 1.73. The van der Waals surface area contributed by atoms with Crippen LogP contribution in [0.15, 0.2) is 0 Å². The highest BCUT2D eigenvalue weighted by Gasteiger charge is 2.51. The van der Waals surface area contributed by atoms with Crippen molar-refractivity contribution in [2.75, 3.05) is 6.54 Å². The fraction of sp³-hybridized carbons (Fsp3) is 1.00. The molecule has 0 amide bonds. The number of hydrogen-bond acceptors (Lipinski definition) is 2. The van der Waals surface area contributed by atoms with E-state index in [4.69, 9.17) is 5.73 Å². The summed E-state index contributed by atoms with van der Waals surface area (Å²) in [7, 11) is 0. The molecule has 4 fully saturated rings. The Kier molecular flexibility index (Phi) is 2.75. The number of nitrogens with two attached hydrogens (primary N) is 1. The molecule has 1 atom stereocenters. The van der Waals surface area contributed by atoms with Crippen molar-refractivity contribution in [2.24, 2.45) is 23.5 Å². The average Bonchev–Trinajstić information content (AvgIpc) is 2.24. The molecule has 4 aliphatic rings.